The number of fused-ring (bicyclic) bond motifs is 5. The molecule has 8 aromatic heterocycles. The monoisotopic (exact) mass is 1560 g/mol. The number of oxime groups is 2. The third-order valence-electron chi connectivity index (χ3n) is 15.1. The van der Waals surface area contributed by atoms with Crippen LogP contribution < -0.4 is 11.5 Å². The van der Waals surface area contributed by atoms with E-state index >= 15 is 0 Å². The fraction of sp³-hybridized carbons (Fsp3) is 0.148. The number of aromatic amines is 2. The molecule has 9 aromatic carbocycles. The number of carbonyl (C=O) groups is 2. The van der Waals surface area contributed by atoms with Gasteiger partial charge in [-0.25, -0.2) is 8.78 Å². The van der Waals surface area contributed by atoms with Crippen molar-refractivity contribution in [2.24, 2.45) is 28.8 Å². The first-order chi connectivity index (χ1) is 52.7. The van der Waals surface area contributed by atoms with E-state index in [0.717, 1.165) is 65.9 Å². The van der Waals surface area contributed by atoms with Crippen molar-refractivity contribution in [3.8, 4) is 34.6 Å². The highest BCUT2D eigenvalue weighted by Gasteiger charge is 2.20. The smallest absolute Gasteiger partial charge is 0.279 e. The predicted molar refractivity (Wildman–Crippen MR) is 434 cm³/mol. The molecular formula is C81H84Cl2F2N20O7. The minimum absolute atomic E-state index is 0. The molecule has 17 rings (SSSR count). The van der Waals surface area contributed by atoms with Crippen molar-refractivity contribution >= 4 is 99.9 Å². The Balaban J connectivity index is 0.000000205. The Morgan fingerprint density at radius 1 is 0.473 bits per heavy atom. The molecule has 0 amide bonds. The number of para-hydroxylation sites is 5. The van der Waals surface area contributed by atoms with Gasteiger partial charge in [-0.05, 0) is 97.6 Å². The van der Waals surface area contributed by atoms with E-state index in [4.69, 9.17) is 47.1 Å². The fourth-order valence-electron chi connectivity index (χ4n) is 10.2. The Morgan fingerprint density at radius 3 is 1.41 bits per heavy atom. The van der Waals surface area contributed by atoms with Crippen LogP contribution in [0, 0.1) is 39.3 Å². The summed E-state index contributed by atoms with van der Waals surface area (Å²) in [6.45, 7) is 10.9. The first-order valence-electron chi connectivity index (χ1n) is 33.1. The molecule has 0 aliphatic carbocycles. The molecule has 0 radical (unpaired) electrons. The van der Waals surface area contributed by atoms with Gasteiger partial charge in [0.2, 0.25) is 28.7 Å². The maximum Gasteiger partial charge on any atom is 0.279 e. The summed E-state index contributed by atoms with van der Waals surface area (Å²) >= 11 is 10.0. The normalized spacial score (nSPS) is 10.5. The van der Waals surface area contributed by atoms with Crippen molar-refractivity contribution in [1.82, 2.24) is 80.2 Å². The lowest BCUT2D eigenvalue weighted by Crippen LogP contribution is -2.13. The molecule has 0 fully saturated rings. The van der Waals surface area contributed by atoms with E-state index in [1.807, 2.05) is 187 Å². The Kier molecular flexibility index (Phi) is 33.5. The summed E-state index contributed by atoms with van der Waals surface area (Å²) < 4.78 is 46.9. The van der Waals surface area contributed by atoms with Crippen molar-refractivity contribution in [1.29, 1.82) is 0 Å². The van der Waals surface area contributed by atoms with Crippen LogP contribution >= 0.6 is 23.2 Å². The molecule has 0 spiro atoms. The van der Waals surface area contributed by atoms with Crippen LogP contribution in [-0.2, 0) is 24.9 Å². The molecule has 112 heavy (non-hydrogen) atoms. The van der Waals surface area contributed by atoms with E-state index in [1.165, 1.54) is 31.5 Å². The standard InChI is InChI=1S/C17H13FN4O.C17H14N4O.C10H8N4O.C9H7ClN2O.C8H8N4O.C7H7F.C6H6.C2H3ClO.C2H6N2O.3CH4/c1-11-19-17(21-23-11)16-13-7-3-5-9-15(13)22(20-16)10-12-6-2-4-8-14(12)18;1-12-18-17(22-20-12)16-14-9-5-6-10-15(14)21(19-16)11-13-7-3-2-4-8-13;1-6-11-10(14-15-6)9-7-4-2-3-5-8(7)12-13-9;1-12-7-5-3-2-4-6(7)8(11-12)9(10)13;9-8(12-13)7-5-3-1-2-4-6(5)10-11-7;1-6-4-2-3-5-7(6)8;1-2-4-6-5-3-1;1-2(3)4;1-2(3)4-5;;;/h2-9H,10H2,1H3;2-10H,11H2,1H3;2-5H,1H3,(H,12,13);2-5H,1H3;1-4,13H,(H2,9,12)(H,10,11);2-5H,1H3;1-6H;1H3;5H,1H3,(H2,3,4);3*1H4. The molecule has 8 N–H and O–H groups in total. The average Bonchev–Trinajstić information content (AvgIpc) is 1.64. The number of benzene rings is 9. The first kappa shape index (κ1) is 87.0. The number of aromatic nitrogens is 16. The summed E-state index contributed by atoms with van der Waals surface area (Å²) in [4.78, 5) is 32.9. The molecule has 0 bridgehead atoms. The molecular weight excluding hydrogens is 1470 g/mol. The second-order valence-corrected chi connectivity index (χ2v) is 24.0. The van der Waals surface area contributed by atoms with E-state index in [9.17, 15) is 18.4 Å². The highest BCUT2D eigenvalue weighted by Crippen LogP contribution is 2.30. The molecule has 0 unspecified atom stereocenters. The number of halogens is 4. The van der Waals surface area contributed by atoms with Crippen molar-refractivity contribution in [2.75, 3.05) is 0 Å². The van der Waals surface area contributed by atoms with Gasteiger partial charge in [0.05, 0.1) is 40.7 Å². The minimum Gasteiger partial charge on any atom is -0.409 e. The number of nitrogens with two attached hydrogens (primary N) is 2. The van der Waals surface area contributed by atoms with Gasteiger partial charge in [0, 0.05) is 60.3 Å². The summed E-state index contributed by atoms with van der Waals surface area (Å²) in [6.07, 6.45) is 0. The number of aryl methyl sites for hydroxylation is 5. The molecule has 578 valence electrons. The fourth-order valence-corrected chi connectivity index (χ4v) is 10.3. The van der Waals surface area contributed by atoms with Crippen molar-refractivity contribution in [2.45, 2.75) is 76.9 Å². The van der Waals surface area contributed by atoms with Gasteiger partial charge in [0.15, 0.2) is 23.0 Å². The van der Waals surface area contributed by atoms with Gasteiger partial charge in [-0.3, -0.25) is 33.8 Å². The van der Waals surface area contributed by atoms with E-state index < -0.39 is 5.24 Å². The van der Waals surface area contributed by atoms with Crippen molar-refractivity contribution in [3.63, 3.8) is 0 Å². The number of rotatable bonds is 9. The second-order valence-electron chi connectivity index (χ2n) is 23.1. The van der Waals surface area contributed by atoms with Gasteiger partial charge in [0.25, 0.3) is 11.1 Å². The van der Waals surface area contributed by atoms with Crippen LogP contribution in [0.25, 0.3) is 89.1 Å². The number of carbonyl (C=O) groups excluding carboxylic acids is 2. The summed E-state index contributed by atoms with van der Waals surface area (Å²) in [5, 5.41) is 64.0. The highest BCUT2D eigenvalue weighted by molar-refractivity contribution is 6.68. The van der Waals surface area contributed by atoms with Crippen LogP contribution in [0.4, 0.5) is 8.78 Å². The lowest BCUT2D eigenvalue weighted by molar-refractivity contribution is -0.109. The third kappa shape index (κ3) is 24.0. The Bertz CT molecular complexity index is 5780. The summed E-state index contributed by atoms with van der Waals surface area (Å²) in [5.41, 5.74) is 20.3. The largest absolute Gasteiger partial charge is 0.409 e. The third-order valence-corrected chi connectivity index (χ3v) is 15.3. The first-order valence-corrected chi connectivity index (χ1v) is 33.8. The van der Waals surface area contributed by atoms with Crippen LogP contribution in [0.2, 0.25) is 0 Å². The van der Waals surface area contributed by atoms with Gasteiger partial charge in [-0.15, -0.1) is 0 Å². The molecule has 27 nitrogen and oxygen atoms in total. The molecule has 8 heterocycles. The van der Waals surface area contributed by atoms with Crippen LogP contribution in [0.15, 0.2) is 260 Å². The van der Waals surface area contributed by atoms with Crippen LogP contribution in [0.3, 0.4) is 0 Å². The Labute approximate surface area is 653 Å². The Hall–Kier alpha value is -13.9. The van der Waals surface area contributed by atoms with Crippen LogP contribution in [-0.4, -0.2) is 113 Å². The van der Waals surface area contributed by atoms with Crippen molar-refractivity contribution < 1.29 is 42.4 Å². The van der Waals surface area contributed by atoms with Gasteiger partial charge < -0.3 is 35.5 Å². The summed E-state index contributed by atoms with van der Waals surface area (Å²) in [6, 6.07) is 74.2. The zero-order valence-corrected chi connectivity index (χ0v) is 61.2. The van der Waals surface area contributed by atoms with Crippen LogP contribution in [0.1, 0.15) is 86.6 Å². The molecule has 0 saturated heterocycles. The van der Waals surface area contributed by atoms with Crippen LogP contribution in [0.5, 0.6) is 0 Å². The van der Waals surface area contributed by atoms with Crippen molar-refractivity contribution in [3.05, 3.63) is 294 Å². The lowest BCUT2D eigenvalue weighted by Gasteiger charge is -2.04. The van der Waals surface area contributed by atoms with Gasteiger partial charge in [-0.1, -0.05) is 242 Å². The zero-order chi connectivity index (χ0) is 77.8. The number of H-pyrrole nitrogens is 2. The zero-order valence-electron chi connectivity index (χ0n) is 59.7. The molecule has 0 saturated carbocycles. The van der Waals surface area contributed by atoms with E-state index in [1.54, 1.807) is 68.4 Å². The topological polar surface area (TPSA) is 379 Å². The molecule has 17 aromatic rings. The summed E-state index contributed by atoms with van der Waals surface area (Å²) in [7, 11) is 1.78. The number of amidine groups is 2. The van der Waals surface area contributed by atoms with E-state index in [0.29, 0.717) is 76.4 Å². The van der Waals surface area contributed by atoms with E-state index in [2.05, 4.69) is 106 Å². The SMILES string of the molecule is C.C.C.C/C(N)=N\O.CC(=O)Cl.Cc1ccccc1F.Cc1nc(-c2n[nH]c3ccccc23)no1.Cc1nc(-c2nn(Cc3ccccc3F)c3ccccc23)no1.Cc1noc(-c2nn(Cc3ccccc3)c3ccccc23)n1.Cn1nc(C(=O)Cl)c2ccccc21.N/C(=N\O)c1n[nH]c2ccccc12.c1ccccc1. The summed E-state index contributed by atoms with van der Waals surface area (Å²) in [5.74, 6) is 2.86. The highest BCUT2D eigenvalue weighted by atomic mass is 35.5. The lowest BCUT2D eigenvalue weighted by atomic mass is 10.2. The molecule has 0 aliphatic rings. The number of hydrogen-bond donors (Lipinski definition) is 6. The Morgan fingerprint density at radius 2 is 0.911 bits per heavy atom. The maximum absolute atomic E-state index is 13.9. The number of hydrogen-bond acceptors (Lipinski definition) is 20. The predicted octanol–water partition coefficient (Wildman–Crippen LogP) is 17.8. The molecule has 31 heteroatoms. The number of nitrogens with zero attached hydrogens (tertiary/aromatic N) is 16. The van der Waals surface area contributed by atoms with Gasteiger partial charge >= 0.3 is 0 Å². The minimum atomic E-state index is -0.517. The average molecular weight is 1560 g/mol. The number of nitrogens with one attached hydrogen (secondary N) is 2. The van der Waals surface area contributed by atoms with Gasteiger partial charge in [-0.2, -0.15) is 40.4 Å². The maximum atomic E-state index is 13.9. The van der Waals surface area contributed by atoms with Gasteiger partial charge in [0.1, 0.15) is 34.6 Å². The quantitative estimate of drug-likeness (QED) is 0.0257. The molecule has 0 atom stereocenters. The van der Waals surface area contributed by atoms with E-state index in [-0.39, 0.29) is 50.8 Å². The second kappa shape index (κ2) is 43.2. The molecule has 0 aliphatic heterocycles.